The molecule has 2 rings (SSSR count). The number of nitriles is 1. The van der Waals surface area contributed by atoms with Crippen LogP contribution in [0.2, 0.25) is 5.02 Å². The lowest BCUT2D eigenvalue weighted by molar-refractivity contribution is 0.478. The van der Waals surface area contributed by atoms with Crippen LogP contribution in [-0.4, -0.2) is 0 Å². The molecule has 0 spiro atoms. The Kier molecular flexibility index (Phi) is 4.28. The third kappa shape index (κ3) is 3.05. The topological polar surface area (TPSA) is 33.0 Å². The van der Waals surface area contributed by atoms with Crippen LogP contribution in [0.4, 0.5) is 0 Å². The monoisotopic (exact) mass is 385 g/mol. The van der Waals surface area contributed by atoms with Gasteiger partial charge in [-0.05, 0) is 52.3 Å². The van der Waals surface area contributed by atoms with Crippen molar-refractivity contribution in [3.8, 4) is 17.6 Å². The van der Waals surface area contributed by atoms with E-state index >= 15 is 0 Å². The van der Waals surface area contributed by atoms with Gasteiger partial charge in [0, 0.05) is 9.50 Å². The molecule has 0 radical (unpaired) electrons. The van der Waals surface area contributed by atoms with Gasteiger partial charge >= 0.3 is 0 Å². The Balaban J connectivity index is 2.37. The average molecular weight is 387 g/mol. The quantitative estimate of drug-likeness (QED) is 0.679. The highest BCUT2D eigenvalue weighted by atomic mass is 79.9. The van der Waals surface area contributed by atoms with Gasteiger partial charge in [0.2, 0.25) is 0 Å². The van der Waals surface area contributed by atoms with Crippen LogP contribution in [0.25, 0.3) is 0 Å². The van der Waals surface area contributed by atoms with Crippen molar-refractivity contribution < 1.29 is 4.74 Å². The van der Waals surface area contributed by atoms with E-state index in [1.807, 2.05) is 18.2 Å². The third-order valence-corrected chi connectivity index (χ3v) is 3.52. The average Bonchev–Trinajstić information content (AvgIpc) is 2.34. The molecular weight excluding hydrogens is 381 g/mol. The van der Waals surface area contributed by atoms with E-state index in [4.69, 9.17) is 21.6 Å². The SMILES string of the molecule is N#Cc1cc(Cl)ccc1Oc1ccc(Br)cc1Br. The minimum atomic E-state index is 0.400. The molecule has 0 atom stereocenters. The van der Waals surface area contributed by atoms with Gasteiger partial charge < -0.3 is 4.74 Å². The minimum absolute atomic E-state index is 0.400. The van der Waals surface area contributed by atoms with E-state index in [1.54, 1.807) is 18.2 Å². The highest BCUT2D eigenvalue weighted by molar-refractivity contribution is 9.11. The number of rotatable bonds is 2. The largest absolute Gasteiger partial charge is 0.455 e. The molecule has 0 N–H and O–H groups in total. The van der Waals surface area contributed by atoms with Crippen molar-refractivity contribution >= 4 is 43.5 Å². The second-order valence-corrected chi connectivity index (χ2v) is 5.64. The summed E-state index contributed by atoms with van der Waals surface area (Å²) < 4.78 is 7.44. The first-order chi connectivity index (χ1) is 8.60. The Hall–Kier alpha value is -1.02. The summed E-state index contributed by atoms with van der Waals surface area (Å²) >= 11 is 12.6. The first kappa shape index (κ1) is 13.4. The van der Waals surface area contributed by atoms with Gasteiger partial charge in [0.15, 0.2) is 0 Å². The zero-order valence-corrected chi connectivity index (χ0v) is 12.9. The molecule has 0 aliphatic carbocycles. The van der Waals surface area contributed by atoms with Gasteiger partial charge in [0.1, 0.15) is 17.6 Å². The highest BCUT2D eigenvalue weighted by Crippen LogP contribution is 2.34. The molecule has 90 valence electrons. The zero-order valence-electron chi connectivity index (χ0n) is 8.95. The fourth-order valence-corrected chi connectivity index (χ4v) is 2.66. The maximum Gasteiger partial charge on any atom is 0.145 e. The standard InChI is InChI=1S/C13H6Br2ClNO/c14-9-1-3-13(11(15)6-9)18-12-4-2-10(16)5-8(12)7-17/h1-6H. The van der Waals surface area contributed by atoms with Crippen molar-refractivity contribution in [2.45, 2.75) is 0 Å². The number of hydrogen-bond donors (Lipinski definition) is 0. The van der Waals surface area contributed by atoms with Crippen LogP contribution in [0.3, 0.4) is 0 Å². The molecule has 2 nitrogen and oxygen atoms in total. The molecule has 0 aliphatic rings. The lowest BCUT2D eigenvalue weighted by Gasteiger charge is -2.09. The summed E-state index contributed by atoms with van der Waals surface area (Å²) in [4.78, 5) is 0. The first-order valence-electron chi connectivity index (χ1n) is 4.92. The second-order valence-electron chi connectivity index (χ2n) is 3.43. The molecule has 18 heavy (non-hydrogen) atoms. The van der Waals surface area contributed by atoms with Gasteiger partial charge in [0.25, 0.3) is 0 Å². The summed E-state index contributed by atoms with van der Waals surface area (Å²) in [5.74, 6) is 1.11. The van der Waals surface area contributed by atoms with Crippen molar-refractivity contribution in [2.24, 2.45) is 0 Å². The van der Waals surface area contributed by atoms with Gasteiger partial charge in [-0.15, -0.1) is 0 Å². The summed E-state index contributed by atoms with van der Waals surface area (Å²) in [5.41, 5.74) is 0.400. The molecule has 0 aliphatic heterocycles. The Labute approximate surface area is 126 Å². The molecule has 0 amide bonds. The summed E-state index contributed by atoms with van der Waals surface area (Å²) in [5, 5.41) is 9.53. The smallest absolute Gasteiger partial charge is 0.145 e. The fraction of sp³-hybridized carbons (Fsp3) is 0. The predicted molar refractivity (Wildman–Crippen MR) is 78.1 cm³/mol. The molecule has 0 bridgehead atoms. The Morgan fingerprint density at radius 3 is 2.44 bits per heavy atom. The van der Waals surface area contributed by atoms with E-state index in [-0.39, 0.29) is 0 Å². The third-order valence-electron chi connectivity index (χ3n) is 2.18. The normalized spacial score (nSPS) is 9.89. The predicted octanol–water partition coefficient (Wildman–Crippen LogP) is 5.53. The molecule has 0 aromatic heterocycles. The van der Waals surface area contributed by atoms with Crippen LogP contribution in [0.5, 0.6) is 11.5 Å². The van der Waals surface area contributed by atoms with E-state index in [1.165, 1.54) is 0 Å². The summed E-state index contributed by atoms with van der Waals surface area (Å²) in [6, 6.07) is 12.5. The van der Waals surface area contributed by atoms with Gasteiger partial charge in [-0.2, -0.15) is 5.26 Å². The first-order valence-corrected chi connectivity index (χ1v) is 6.89. The van der Waals surface area contributed by atoms with Gasteiger partial charge in [0.05, 0.1) is 10.0 Å². The fourth-order valence-electron chi connectivity index (χ4n) is 1.36. The van der Waals surface area contributed by atoms with Crippen molar-refractivity contribution in [2.75, 3.05) is 0 Å². The van der Waals surface area contributed by atoms with Crippen LogP contribution in [-0.2, 0) is 0 Å². The van der Waals surface area contributed by atoms with E-state index in [0.29, 0.717) is 22.1 Å². The number of halogens is 3. The Morgan fingerprint density at radius 1 is 1.06 bits per heavy atom. The Bertz CT molecular complexity index is 637. The number of ether oxygens (including phenoxy) is 1. The number of nitrogens with zero attached hydrogens (tertiary/aromatic N) is 1. The molecule has 0 fully saturated rings. The summed E-state index contributed by atoms with van der Waals surface area (Å²) in [6.45, 7) is 0. The number of hydrogen-bond acceptors (Lipinski definition) is 2. The van der Waals surface area contributed by atoms with Crippen LogP contribution in [0.15, 0.2) is 45.3 Å². The lowest BCUT2D eigenvalue weighted by atomic mass is 10.2. The Morgan fingerprint density at radius 2 is 1.78 bits per heavy atom. The van der Waals surface area contributed by atoms with Crippen LogP contribution in [0.1, 0.15) is 5.56 Å². The highest BCUT2D eigenvalue weighted by Gasteiger charge is 2.08. The number of benzene rings is 2. The van der Waals surface area contributed by atoms with Gasteiger partial charge in [-0.3, -0.25) is 0 Å². The zero-order chi connectivity index (χ0) is 13.1. The van der Waals surface area contributed by atoms with Crippen LogP contribution >= 0.6 is 43.5 Å². The molecule has 0 heterocycles. The van der Waals surface area contributed by atoms with E-state index < -0.39 is 0 Å². The van der Waals surface area contributed by atoms with Crippen molar-refractivity contribution in [3.05, 3.63) is 55.9 Å². The maximum absolute atomic E-state index is 9.03. The van der Waals surface area contributed by atoms with E-state index in [0.717, 1.165) is 8.95 Å². The molecular formula is C13H6Br2ClNO. The van der Waals surface area contributed by atoms with Crippen LogP contribution in [0, 0.1) is 11.3 Å². The summed E-state index contributed by atoms with van der Waals surface area (Å²) in [6.07, 6.45) is 0. The van der Waals surface area contributed by atoms with E-state index in [9.17, 15) is 0 Å². The second kappa shape index (κ2) is 5.75. The summed E-state index contributed by atoms with van der Waals surface area (Å²) in [7, 11) is 0. The molecule has 2 aromatic rings. The van der Waals surface area contributed by atoms with Gasteiger partial charge in [-0.25, -0.2) is 0 Å². The lowest BCUT2D eigenvalue weighted by Crippen LogP contribution is -1.89. The van der Waals surface area contributed by atoms with Gasteiger partial charge in [-0.1, -0.05) is 27.5 Å². The van der Waals surface area contributed by atoms with E-state index in [2.05, 4.69) is 37.9 Å². The maximum atomic E-state index is 9.03. The molecule has 5 heteroatoms. The molecule has 2 aromatic carbocycles. The minimum Gasteiger partial charge on any atom is -0.455 e. The van der Waals surface area contributed by atoms with Crippen LogP contribution < -0.4 is 4.74 Å². The molecule has 0 saturated heterocycles. The van der Waals surface area contributed by atoms with Crippen molar-refractivity contribution in [1.29, 1.82) is 5.26 Å². The molecule has 0 saturated carbocycles. The molecule has 0 unspecified atom stereocenters. The van der Waals surface area contributed by atoms with Crippen molar-refractivity contribution in [3.63, 3.8) is 0 Å². The van der Waals surface area contributed by atoms with Crippen molar-refractivity contribution in [1.82, 2.24) is 0 Å².